The summed E-state index contributed by atoms with van der Waals surface area (Å²) in [5.74, 6) is -0.0225. The molecule has 0 aliphatic carbocycles. The fourth-order valence-electron chi connectivity index (χ4n) is 2.56. The molecule has 1 saturated heterocycles. The Labute approximate surface area is 129 Å². The highest BCUT2D eigenvalue weighted by Gasteiger charge is 2.18. The molecule has 110 valence electrons. The lowest BCUT2D eigenvalue weighted by molar-refractivity contribution is 0.103. The fourth-order valence-corrected chi connectivity index (χ4v) is 2.56. The minimum absolute atomic E-state index is 0. The third kappa shape index (κ3) is 3.40. The molecule has 0 unspecified atom stereocenters. The number of aromatic nitrogens is 1. The molecule has 1 aromatic carbocycles. The van der Waals surface area contributed by atoms with Gasteiger partial charge in [0.05, 0.1) is 0 Å². The second-order valence-corrected chi connectivity index (χ2v) is 5.04. The molecule has 2 aromatic rings. The number of ketones is 1. The fraction of sp³-hybridized carbons (Fsp3) is 0.250. The van der Waals surface area contributed by atoms with Crippen LogP contribution in [0.25, 0.3) is 0 Å². The number of benzene rings is 1. The number of carbonyl (C=O) groups excluding carboxylic acids is 1. The number of aromatic hydroxyl groups is 1. The molecule has 2 heterocycles. The van der Waals surface area contributed by atoms with Gasteiger partial charge in [-0.15, -0.1) is 12.4 Å². The Hall–Kier alpha value is -1.91. The van der Waals surface area contributed by atoms with Gasteiger partial charge in [0.25, 0.3) is 0 Å². The molecule has 0 amide bonds. The number of nitrogens with zero attached hydrogens (tertiary/aromatic N) is 1. The van der Waals surface area contributed by atoms with Crippen molar-refractivity contribution in [3.63, 3.8) is 0 Å². The smallest absolute Gasteiger partial charge is 0.194 e. The number of phenols is 1. The number of rotatable bonds is 3. The zero-order valence-electron chi connectivity index (χ0n) is 11.5. The Kier molecular flexibility index (Phi) is 4.94. The first-order chi connectivity index (χ1) is 9.74. The number of hydrogen-bond donors (Lipinski definition) is 2. The molecule has 1 aliphatic heterocycles. The first-order valence-electron chi connectivity index (χ1n) is 6.76. The highest BCUT2D eigenvalue weighted by molar-refractivity contribution is 6.09. The van der Waals surface area contributed by atoms with Gasteiger partial charge >= 0.3 is 0 Å². The minimum atomic E-state index is -0.117. The van der Waals surface area contributed by atoms with Crippen LogP contribution < -0.4 is 5.32 Å². The van der Waals surface area contributed by atoms with Crippen molar-refractivity contribution >= 4 is 18.2 Å². The Morgan fingerprint density at radius 1 is 1.24 bits per heavy atom. The maximum Gasteiger partial charge on any atom is 0.194 e. The molecular formula is C16H17ClN2O2. The van der Waals surface area contributed by atoms with E-state index in [1.54, 1.807) is 24.4 Å². The zero-order valence-corrected chi connectivity index (χ0v) is 12.3. The van der Waals surface area contributed by atoms with Crippen LogP contribution in [0.15, 0.2) is 42.7 Å². The van der Waals surface area contributed by atoms with Crippen molar-refractivity contribution in [3.8, 4) is 5.75 Å². The number of pyridine rings is 1. The van der Waals surface area contributed by atoms with E-state index in [1.165, 1.54) is 6.07 Å². The first-order valence-corrected chi connectivity index (χ1v) is 6.76. The molecule has 1 atom stereocenters. The molecule has 0 bridgehead atoms. The van der Waals surface area contributed by atoms with E-state index in [1.807, 2.05) is 12.3 Å². The SMILES string of the molecule is Cl.O=C(c1cccc(O)c1)c1cncc([C@@H]2CCCN2)c1. The molecule has 1 fully saturated rings. The zero-order chi connectivity index (χ0) is 13.9. The second kappa shape index (κ2) is 6.70. The summed E-state index contributed by atoms with van der Waals surface area (Å²) in [6, 6.07) is 8.57. The first kappa shape index (κ1) is 15.5. The van der Waals surface area contributed by atoms with Crippen LogP contribution in [0.1, 0.15) is 40.4 Å². The van der Waals surface area contributed by atoms with Crippen LogP contribution in [0.4, 0.5) is 0 Å². The van der Waals surface area contributed by atoms with E-state index < -0.39 is 0 Å². The minimum Gasteiger partial charge on any atom is -0.508 e. The highest BCUT2D eigenvalue weighted by atomic mass is 35.5. The molecule has 1 aliphatic rings. The van der Waals surface area contributed by atoms with Crippen LogP contribution in [0.3, 0.4) is 0 Å². The summed E-state index contributed by atoms with van der Waals surface area (Å²) in [4.78, 5) is 16.6. The lowest BCUT2D eigenvalue weighted by Gasteiger charge is -2.11. The van der Waals surface area contributed by atoms with Gasteiger partial charge in [0.1, 0.15) is 5.75 Å². The van der Waals surface area contributed by atoms with E-state index in [0.29, 0.717) is 17.2 Å². The summed E-state index contributed by atoms with van der Waals surface area (Å²) >= 11 is 0. The molecular weight excluding hydrogens is 288 g/mol. The van der Waals surface area contributed by atoms with Crippen molar-refractivity contribution in [2.75, 3.05) is 6.54 Å². The Balaban J connectivity index is 0.00000161. The van der Waals surface area contributed by atoms with E-state index >= 15 is 0 Å². The average molecular weight is 305 g/mol. The third-order valence-electron chi connectivity index (χ3n) is 3.59. The third-order valence-corrected chi connectivity index (χ3v) is 3.59. The normalized spacial score (nSPS) is 17.2. The van der Waals surface area contributed by atoms with Gasteiger partial charge in [-0.25, -0.2) is 0 Å². The predicted octanol–water partition coefficient (Wildman–Crippen LogP) is 2.86. The van der Waals surface area contributed by atoms with Crippen molar-refractivity contribution < 1.29 is 9.90 Å². The van der Waals surface area contributed by atoms with Gasteiger partial charge in [-0.2, -0.15) is 0 Å². The lowest BCUT2D eigenvalue weighted by atomic mass is 10.0. The Morgan fingerprint density at radius 3 is 2.81 bits per heavy atom. The summed E-state index contributed by atoms with van der Waals surface area (Å²) in [6.07, 6.45) is 5.61. The van der Waals surface area contributed by atoms with Crippen molar-refractivity contribution in [1.29, 1.82) is 0 Å². The molecule has 21 heavy (non-hydrogen) atoms. The van der Waals surface area contributed by atoms with Crippen LogP contribution in [-0.2, 0) is 0 Å². The molecule has 4 nitrogen and oxygen atoms in total. The number of hydrogen-bond acceptors (Lipinski definition) is 4. The van der Waals surface area contributed by atoms with Gasteiger partial charge in [-0.1, -0.05) is 12.1 Å². The van der Waals surface area contributed by atoms with Gasteiger partial charge in [0, 0.05) is 29.6 Å². The maximum atomic E-state index is 12.4. The molecule has 0 radical (unpaired) electrons. The second-order valence-electron chi connectivity index (χ2n) is 5.04. The summed E-state index contributed by atoms with van der Waals surface area (Å²) in [5.41, 5.74) is 2.08. The largest absolute Gasteiger partial charge is 0.508 e. The molecule has 1 aromatic heterocycles. The van der Waals surface area contributed by atoms with Crippen molar-refractivity contribution in [3.05, 3.63) is 59.4 Å². The van der Waals surface area contributed by atoms with Crippen LogP contribution >= 0.6 is 12.4 Å². The summed E-state index contributed by atoms with van der Waals surface area (Å²) < 4.78 is 0. The monoisotopic (exact) mass is 304 g/mol. The molecule has 2 N–H and O–H groups in total. The number of nitrogens with one attached hydrogen (secondary N) is 1. The van der Waals surface area contributed by atoms with E-state index in [2.05, 4.69) is 10.3 Å². The van der Waals surface area contributed by atoms with Crippen LogP contribution in [0.2, 0.25) is 0 Å². The topological polar surface area (TPSA) is 62.2 Å². The molecule has 0 spiro atoms. The standard InChI is InChI=1S/C16H16N2O2.ClH/c19-14-4-1-3-11(8-14)16(20)13-7-12(9-17-10-13)15-5-2-6-18-15;/h1,3-4,7-10,15,18-19H,2,5-6H2;1H/t15-;/m0./s1. The van der Waals surface area contributed by atoms with Gasteiger partial charge in [0.2, 0.25) is 0 Å². The average Bonchev–Trinajstić information content (AvgIpc) is 3.01. The lowest BCUT2D eigenvalue weighted by Crippen LogP contribution is -2.14. The van der Waals surface area contributed by atoms with Gasteiger partial charge < -0.3 is 10.4 Å². The molecule has 5 heteroatoms. The van der Waals surface area contributed by atoms with Gasteiger partial charge in [-0.3, -0.25) is 9.78 Å². The van der Waals surface area contributed by atoms with Gasteiger partial charge in [-0.05, 0) is 43.1 Å². The van der Waals surface area contributed by atoms with Crippen LogP contribution in [0.5, 0.6) is 5.75 Å². The number of phenolic OH excluding ortho intramolecular Hbond substituents is 1. The van der Waals surface area contributed by atoms with Crippen molar-refractivity contribution in [2.45, 2.75) is 18.9 Å². The number of halogens is 1. The van der Waals surface area contributed by atoms with Gasteiger partial charge in [0.15, 0.2) is 5.78 Å². The van der Waals surface area contributed by atoms with Crippen molar-refractivity contribution in [1.82, 2.24) is 10.3 Å². The molecule has 3 rings (SSSR count). The summed E-state index contributed by atoms with van der Waals surface area (Å²) in [5, 5.41) is 12.9. The summed E-state index contributed by atoms with van der Waals surface area (Å²) in [6.45, 7) is 1.01. The predicted molar refractivity (Wildman–Crippen MR) is 83.0 cm³/mol. The molecule has 0 saturated carbocycles. The number of carbonyl (C=O) groups is 1. The summed E-state index contributed by atoms with van der Waals surface area (Å²) in [7, 11) is 0. The van der Waals surface area contributed by atoms with Crippen LogP contribution in [-0.4, -0.2) is 22.4 Å². The Bertz CT molecular complexity index is 640. The Morgan fingerprint density at radius 2 is 2.10 bits per heavy atom. The maximum absolute atomic E-state index is 12.4. The van der Waals surface area contributed by atoms with E-state index in [0.717, 1.165) is 24.9 Å². The highest BCUT2D eigenvalue weighted by Crippen LogP contribution is 2.24. The quantitative estimate of drug-likeness (QED) is 0.856. The van der Waals surface area contributed by atoms with Crippen molar-refractivity contribution in [2.24, 2.45) is 0 Å². The van der Waals surface area contributed by atoms with E-state index in [9.17, 15) is 9.90 Å². The van der Waals surface area contributed by atoms with E-state index in [-0.39, 0.29) is 23.9 Å². The van der Waals surface area contributed by atoms with E-state index in [4.69, 9.17) is 0 Å². The van der Waals surface area contributed by atoms with Crippen LogP contribution in [0, 0.1) is 0 Å².